The van der Waals surface area contributed by atoms with Gasteiger partial charge in [0.15, 0.2) is 0 Å². The van der Waals surface area contributed by atoms with Crippen molar-refractivity contribution < 1.29 is 14.6 Å². The first-order valence-electron chi connectivity index (χ1n) is 5.66. The van der Waals surface area contributed by atoms with Gasteiger partial charge in [0.05, 0.1) is 18.8 Å². The molecule has 92 valence electrons. The normalized spacial score (nSPS) is 17.3. The summed E-state index contributed by atoms with van der Waals surface area (Å²) in [5, 5.41) is 12.3. The van der Waals surface area contributed by atoms with Gasteiger partial charge in [0.1, 0.15) is 0 Å². The average Bonchev–Trinajstić information content (AvgIpc) is 2.25. The third-order valence-corrected chi connectivity index (χ3v) is 3.17. The number of hydrogen-bond acceptors (Lipinski definition) is 3. The van der Waals surface area contributed by atoms with Crippen LogP contribution in [0.5, 0.6) is 0 Å². The van der Waals surface area contributed by atoms with Gasteiger partial charge in [0, 0.05) is 17.6 Å². The largest absolute Gasteiger partial charge is 0.478 e. The van der Waals surface area contributed by atoms with Crippen molar-refractivity contribution in [1.82, 2.24) is 0 Å². The Kier molecular flexibility index (Phi) is 3.07. The smallest absolute Gasteiger partial charge is 0.336 e. The van der Waals surface area contributed by atoms with Crippen LogP contribution in [0.25, 0.3) is 0 Å². The molecule has 4 heteroatoms. The van der Waals surface area contributed by atoms with E-state index >= 15 is 0 Å². The van der Waals surface area contributed by atoms with Crippen molar-refractivity contribution in [3.05, 3.63) is 29.3 Å². The van der Waals surface area contributed by atoms with E-state index in [-0.39, 0.29) is 5.41 Å². The summed E-state index contributed by atoms with van der Waals surface area (Å²) in [6, 6.07) is 5.29. The summed E-state index contributed by atoms with van der Waals surface area (Å²) < 4.78 is 5.18. The van der Waals surface area contributed by atoms with Crippen molar-refractivity contribution in [2.75, 3.05) is 25.1 Å². The molecule has 2 rings (SSSR count). The fourth-order valence-corrected chi connectivity index (χ4v) is 1.92. The predicted octanol–water partition coefficient (Wildman–Crippen LogP) is 2.14. The second kappa shape index (κ2) is 4.37. The van der Waals surface area contributed by atoms with Crippen molar-refractivity contribution >= 4 is 11.7 Å². The molecule has 1 aliphatic rings. The molecule has 0 spiro atoms. The number of carbonyl (C=O) groups is 1. The van der Waals surface area contributed by atoms with Crippen LogP contribution in [0, 0.1) is 12.3 Å². The summed E-state index contributed by atoms with van der Waals surface area (Å²) in [5.41, 5.74) is 2.19. The van der Waals surface area contributed by atoms with E-state index in [4.69, 9.17) is 9.84 Å². The zero-order valence-corrected chi connectivity index (χ0v) is 10.1. The Morgan fingerprint density at radius 1 is 1.53 bits per heavy atom. The van der Waals surface area contributed by atoms with Gasteiger partial charge in [0.25, 0.3) is 0 Å². The van der Waals surface area contributed by atoms with E-state index in [9.17, 15) is 4.79 Å². The standard InChI is InChI=1S/C13H17NO3/c1-9-10(12(15)16)4-3-5-11(9)14-6-13(2)7-17-8-13/h3-5,14H,6-8H2,1-2H3,(H,15,16). The summed E-state index contributed by atoms with van der Waals surface area (Å²) in [7, 11) is 0. The van der Waals surface area contributed by atoms with Gasteiger partial charge < -0.3 is 15.2 Å². The third kappa shape index (κ3) is 2.42. The van der Waals surface area contributed by atoms with E-state index in [1.165, 1.54) is 0 Å². The Hall–Kier alpha value is -1.55. The van der Waals surface area contributed by atoms with E-state index in [1.54, 1.807) is 12.1 Å². The van der Waals surface area contributed by atoms with E-state index in [2.05, 4.69) is 12.2 Å². The van der Waals surface area contributed by atoms with Crippen LogP contribution in [0.2, 0.25) is 0 Å². The first-order chi connectivity index (χ1) is 8.02. The maximum absolute atomic E-state index is 11.0. The Labute approximate surface area is 101 Å². The average molecular weight is 235 g/mol. The second-order valence-electron chi connectivity index (χ2n) is 4.94. The summed E-state index contributed by atoms with van der Waals surface area (Å²) in [6.07, 6.45) is 0. The van der Waals surface area contributed by atoms with E-state index in [1.807, 2.05) is 13.0 Å². The molecule has 1 fully saturated rings. The van der Waals surface area contributed by atoms with Crippen LogP contribution in [-0.4, -0.2) is 30.8 Å². The molecule has 0 aromatic heterocycles. The number of aromatic carboxylic acids is 1. The van der Waals surface area contributed by atoms with Crippen LogP contribution in [-0.2, 0) is 4.74 Å². The van der Waals surface area contributed by atoms with Gasteiger partial charge in [-0.2, -0.15) is 0 Å². The highest BCUT2D eigenvalue weighted by Crippen LogP contribution is 2.28. The van der Waals surface area contributed by atoms with Gasteiger partial charge in [-0.05, 0) is 24.6 Å². The minimum atomic E-state index is -0.885. The van der Waals surface area contributed by atoms with E-state index < -0.39 is 5.97 Å². The van der Waals surface area contributed by atoms with Gasteiger partial charge in [-0.1, -0.05) is 13.0 Å². The first-order valence-corrected chi connectivity index (χ1v) is 5.66. The van der Waals surface area contributed by atoms with Crippen LogP contribution in [0.4, 0.5) is 5.69 Å². The second-order valence-corrected chi connectivity index (χ2v) is 4.94. The summed E-state index contributed by atoms with van der Waals surface area (Å²) in [6.45, 7) is 6.30. The molecule has 0 radical (unpaired) electrons. The molecule has 1 heterocycles. The lowest BCUT2D eigenvalue weighted by Crippen LogP contribution is -2.45. The molecule has 0 atom stereocenters. The fourth-order valence-electron chi connectivity index (χ4n) is 1.92. The molecule has 0 amide bonds. The highest BCUT2D eigenvalue weighted by Gasteiger charge is 2.33. The van der Waals surface area contributed by atoms with Gasteiger partial charge in [-0.3, -0.25) is 0 Å². The zero-order chi connectivity index (χ0) is 12.5. The molecule has 1 aromatic carbocycles. The fraction of sp³-hybridized carbons (Fsp3) is 0.462. The van der Waals surface area contributed by atoms with Crippen molar-refractivity contribution in [2.24, 2.45) is 5.41 Å². The minimum Gasteiger partial charge on any atom is -0.478 e. The number of rotatable bonds is 4. The molecular formula is C13H17NO3. The lowest BCUT2D eigenvalue weighted by Gasteiger charge is -2.38. The van der Waals surface area contributed by atoms with Crippen molar-refractivity contribution in [1.29, 1.82) is 0 Å². The highest BCUT2D eigenvalue weighted by molar-refractivity contribution is 5.91. The van der Waals surface area contributed by atoms with Crippen LogP contribution in [0.15, 0.2) is 18.2 Å². The molecule has 0 unspecified atom stereocenters. The lowest BCUT2D eigenvalue weighted by molar-refractivity contribution is -0.0924. The summed E-state index contributed by atoms with van der Waals surface area (Å²) in [5.74, 6) is -0.885. The van der Waals surface area contributed by atoms with Gasteiger partial charge in [-0.15, -0.1) is 0 Å². The monoisotopic (exact) mass is 235 g/mol. The Morgan fingerprint density at radius 3 is 2.76 bits per heavy atom. The predicted molar refractivity (Wildman–Crippen MR) is 65.6 cm³/mol. The van der Waals surface area contributed by atoms with Crippen molar-refractivity contribution in [3.8, 4) is 0 Å². The summed E-state index contributed by atoms with van der Waals surface area (Å²) >= 11 is 0. The van der Waals surface area contributed by atoms with Crippen molar-refractivity contribution in [2.45, 2.75) is 13.8 Å². The minimum absolute atomic E-state index is 0.172. The molecule has 17 heavy (non-hydrogen) atoms. The maximum Gasteiger partial charge on any atom is 0.336 e. The molecular weight excluding hydrogens is 218 g/mol. The Balaban J connectivity index is 2.10. The molecule has 1 saturated heterocycles. The number of benzene rings is 1. The number of carboxylic acid groups (broad SMARTS) is 1. The van der Waals surface area contributed by atoms with Crippen LogP contribution in [0.3, 0.4) is 0 Å². The first kappa shape index (κ1) is 11.9. The number of ether oxygens (including phenoxy) is 1. The molecule has 0 aliphatic carbocycles. The van der Waals surface area contributed by atoms with E-state index in [0.29, 0.717) is 5.56 Å². The van der Waals surface area contributed by atoms with Gasteiger partial charge >= 0.3 is 5.97 Å². The number of hydrogen-bond donors (Lipinski definition) is 2. The number of nitrogens with one attached hydrogen (secondary N) is 1. The van der Waals surface area contributed by atoms with Crippen LogP contribution in [0.1, 0.15) is 22.8 Å². The summed E-state index contributed by atoms with van der Waals surface area (Å²) in [4.78, 5) is 11.0. The van der Waals surface area contributed by atoms with E-state index in [0.717, 1.165) is 31.0 Å². The molecule has 0 saturated carbocycles. The van der Waals surface area contributed by atoms with Crippen molar-refractivity contribution in [3.63, 3.8) is 0 Å². The molecule has 2 N–H and O–H groups in total. The number of carboxylic acids is 1. The number of anilines is 1. The molecule has 1 aliphatic heterocycles. The van der Waals surface area contributed by atoms with Crippen LogP contribution < -0.4 is 5.32 Å². The molecule has 1 aromatic rings. The Bertz CT molecular complexity index is 438. The van der Waals surface area contributed by atoms with Gasteiger partial charge in [0.2, 0.25) is 0 Å². The maximum atomic E-state index is 11.0. The molecule has 4 nitrogen and oxygen atoms in total. The van der Waals surface area contributed by atoms with Gasteiger partial charge in [-0.25, -0.2) is 4.79 Å². The molecule has 0 bridgehead atoms. The Morgan fingerprint density at radius 2 is 2.24 bits per heavy atom. The zero-order valence-electron chi connectivity index (χ0n) is 10.1. The highest BCUT2D eigenvalue weighted by atomic mass is 16.5. The van der Waals surface area contributed by atoms with Crippen LogP contribution >= 0.6 is 0 Å². The SMILES string of the molecule is Cc1c(NCC2(C)COC2)cccc1C(=O)O. The third-order valence-electron chi connectivity index (χ3n) is 3.17. The lowest BCUT2D eigenvalue weighted by atomic mass is 9.88. The topological polar surface area (TPSA) is 58.6 Å². The quantitative estimate of drug-likeness (QED) is 0.839.